The molecule has 1 aromatic carbocycles. The van der Waals surface area contributed by atoms with Crippen molar-refractivity contribution in [2.75, 3.05) is 6.61 Å². The van der Waals surface area contributed by atoms with E-state index in [4.69, 9.17) is 9.47 Å². The first-order chi connectivity index (χ1) is 22.1. The van der Waals surface area contributed by atoms with Gasteiger partial charge in [0.1, 0.15) is 12.4 Å². The zero-order chi connectivity index (χ0) is 33.9. The van der Waals surface area contributed by atoms with Gasteiger partial charge >= 0.3 is 11.9 Å². The van der Waals surface area contributed by atoms with Gasteiger partial charge in [0.2, 0.25) is 0 Å². The van der Waals surface area contributed by atoms with Crippen molar-refractivity contribution in [2.24, 2.45) is 50.2 Å². The highest BCUT2D eigenvalue weighted by Crippen LogP contribution is 2.75. The molecule has 0 unspecified atom stereocenters. The maximum Gasteiger partial charge on any atom is 0.306 e. The number of fused-ring (bicyclic) bond motifs is 7. The lowest BCUT2D eigenvalue weighted by Crippen LogP contribution is -2.64. The average molecular weight is 645 g/mol. The van der Waals surface area contributed by atoms with Crippen molar-refractivity contribution in [1.82, 2.24) is 0 Å². The van der Waals surface area contributed by atoms with Crippen molar-refractivity contribution in [3.8, 4) is 0 Å². The number of benzene rings is 1. The molecule has 0 N–H and O–H groups in total. The predicted molar refractivity (Wildman–Crippen MR) is 185 cm³/mol. The van der Waals surface area contributed by atoms with Crippen LogP contribution in [0.15, 0.2) is 42.0 Å². The van der Waals surface area contributed by atoms with Crippen LogP contribution in [0.25, 0.3) is 0 Å². The minimum Gasteiger partial charge on any atom is -0.465 e. The summed E-state index contributed by atoms with van der Waals surface area (Å²) < 4.78 is 11.5. The van der Waals surface area contributed by atoms with E-state index in [1.807, 2.05) is 30.3 Å². The van der Waals surface area contributed by atoms with Crippen LogP contribution in [0.3, 0.4) is 0 Å². The Kier molecular flexibility index (Phi) is 8.91. The van der Waals surface area contributed by atoms with E-state index in [2.05, 4.69) is 54.5 Å². The molecule has 4 fully saturated rings. The van der Waals surface area contributed by atoms with E-state index >= 15 is 0 Å². The van der Waals surface area contributed by atoms with Crippen LogP contribution in [0.4, 0.5) is 0 Å². The van der Waals surface area contributed by atoms with Crippen molar-refractivity contribution < 1.29 is 23.9 Å². The lowest BCUT2D eigenvalue weighted by Gasteiger charge is -2.70. The van der Waals surface area contributed by atoms with Gasteiger partial charge in [-0.15, -0.1) is 0 Å². The third kappa shape index (κ3) is 5.84. The van der Waals surface area contributed by atoms with Gasteiger partial charge in [0, 0.05) is 30.1 Å². The molecule has 5 heteroatoms. The Hall–Kier alpha value is -2.43. The number of ether oxygens (including phenoxy) is 2. The predicted octanol–water partition coefficient (Wildman–Crippen LogP) is 9.81. The average Bonchev–Trinajstić information content (AvgIpc) is 3.02. The molecule has 0 saturated heterocycles. The smallest absolute Gasteiger partial charge is 0.306 e. The standard InChI is InChI=1S/C42H60O5/c1-37(2)22-24-42(28-47-36(45)15-11-14-35(44)46-27-29-12-9-8-10-13-29)25-23-40(6)30(31(42)26-37)16-17-33-39(5)20-19-34(43)38(3,4)32(39)18-21-41(33,40)7/h8-10,12-13,16,31-33H,11,14-15,17-28H2,1-7H3/t31-,32-,33+,39-,40+,41+,42+/m0/s1. The van der Waals surface area contributed by atoms with Crippen LogP contribution in [-0.4, -0.2) is 24.3 Å². The molecule has 5 aliphatic rings. The monoisotopic (exact) mass is 644 g/mol. The molecule has 0 spiro atoms. The van der Waals surface area contributed by atoms with E-state index in [1.165, 1.54) is 6.42 Å². The number of rotatable bonds is 8. The summed E-state index contributed by atoms with van der Waals surface area (Å²) in [5.74, 6) is 1.44. The summed E-state index contributed by atoms with van der Waals surface area (Å²) in [7, 11) is 0. The fraction of sp³-hybridized carbons (Fsp3) is 0.738. The molecule has 5 nitrogen and oxygen atoms in total. The second kappa shape index (κ2) is 12.2. The SMILES string of the molecule is CC1(C)CC[C@]2(COC(=O)CCCC(=O)OCc3ccccc3)CC[C@]3(C)C(=CC[C@@H]4[C@@]5(C)CCC(=O)C(C)(C)[C@@H]5CC[C@]43C)[C@@H]2C1. The van der Waals surface area contributed by atoms with Gasteiger partial charge in [-0.25, -0.2) is 0 Å². The number of carbonyl (C=O) groups excluding carboxylic acids is 3. The third-order valence-corrected chi connectivity index (χ3v) is 15.1. The molecule has 6 rings (SSSR count). The molecule has 0 radical (unpaired) electrons. The quantitative estimate of drug-likeness (QED) is 0.208. The second-order valence-electron chi connectivity index (χ2n) is 18.4. The molecular weight excluding hydrogens is 584 g/mol. The first kappa shape index (κ1) is 34.4. The molecule has 0 aromatic heterocycles. The van der Waals surface area contributed by atoms with Gasteiger partial charge in [-0.2, -0.15) is 0 Å². The Morgan fingerprint density at radius 1 is 0.809 bits per heavy atom. The van der Waals surface area contributed by atoms with E-state index in [0.29, 0.717) is 36.6 Å². The largest absolute Gasteiger partial charge is 0.465 e. The summed E-state index contributed by atoms with van der Waals surface area (Å²) in [4.78, 5) is 38.5. The van der Waals surface area contributed by atoms with Gasteiger partial charge in [-0.3, -0.25) is 14.4 Å². The molecule has 1 aromatic rings. The minimum atomic E-state index is -0.274. The molecule has 0 aliphatic heterocycles. The Labute approximate surface area is 284 Å². The summed E-state index contributed by atoms with van der Waals surface area (Å²) in [6.45, 7) is 17.8. The molecule has 0 amide bonds. The van der Waals surface area contributed by atoms with Crippen molar-refractivity contribution in [3.05, 3.63) is 47.5 Å². The van der Waals surface area contributed by atoms with Crippen LogP contribution in [0.2, 0.25) is 0 Å². The molecule has 0 bridgehead atoms. The summed E-state index contributed by atoms with van der Waals surface area (Å²) in [6, 6.07) is 9.67. The Bertz CT molecular complexity index is 1410. The Balaban J connectivity index is 1.15. The van der Waals surface area contributed by atoms with E-state index in [1.54, 1.807) is 5.57 Å². The maximum atomic E-state index is 13.1. The summed E-state index contributed by atoms with van der Waals surface area (Å²) in [5.41, 5.74) is 3.10. The van der Waals surface area contributed by atoms with Crippen molar-refractivity contribution in [2.45, 2.75) is 139 Å². The van der Waals surface area contributed by atoms with Gasteiger partial charge in [0.15, 0.2) is 0 Å². The number of hydrogen-bond donors (Lipinski definition) is 0. The highest BCUT2D eigenvalue weighted by molar-refractivity contribution is 5.85. The molecular formula is C42H60O5. The van der Waals surface area contributed by atoms with Crippen LogP contribution in [0.5, 0.6) is 0 Å². The van der Waals surface area contributed by atoms with Gasteiger partial charge in [-0.05, 0) is 109 Å². The highest BCUT2D eigenvalue weighted by atomic mass is 16.5. The van der Waals surface area contributed by atoms with E-state index in [9.17, 15) is 14.4 Å². The van der Waals surface area contributed by atoms with Crippen LogP contribution >= 0.6 is 0 Å². The molecule has 7 atom stereocenters. The van der Waals surface area contributed by atoms with Crippen molar-refractivity contribution >= 4 is 17.7 Å². The van der Waals surface area contributed by atoms with Gasteiger partial charge in [0.25, 0.3) is 0 Å². The van der Waals surface area contributed by atoms with E-state index in [-0.39, 0.29) is 63.9 Å². The summed E-state index contributed by atoms with van der Waals surface area (Å²) in [6.07, 6.45) is 14.4. The number of hydrogen-bond acceptors (Lipinski definition) is 5. The zero-order valence-electron chi connectivity index (χ0n) is 30.3. The fourth-order valence-electron chi connectivity index (χ4n) is 11.9. The van der Waals surface area contributed by atoms with Crippen LogP contribution in [-0.2, 0) is 30.5 Å². The van der Waals surface area contributed by atoms with Gasteiger partial charge < -0.3 is 9.47 Å². The fourth-order valence-corrected chi connectivity index (χ4v) is 11.9. The Morgan fingerprint density at radius 3 is 2.21 bits per heavy atom. The molecule has 0 heterocycles. The zero-order valence-corrected chi connectivity index (χ0v) is 30.3. The number of carbonyl (C=O) groups is 3. The number of allylic oxidation sites excluding steroid dienone is 2. The molecule has 258 valence electrons. The van der Waals surface area contributed by atoms with E-state index < -0.39 is 0 Å². The van der Waals surface area contributed by atoms with Gasteiger partial charge in [-0.1, -0.05) is 90.4 Å². The lowest BCUT2D eigenvalue weighted by atomic mass is 9.33. The van der Waals surface area contributed by atoms with Crippen molar-refractivity contribution in [1.29, 1.82) is 0 Å². The number of esters is 2. The van der Waals surface area contributed by atoms with Crippen LogP contribution in [0.1, 0.15) is 138 Å². The summed E-state index contributed by atoms with van der Waals surface area (Å²) >= 11 is 0. The summed E-state index contributed by atoms with van der Waals surface area (Å²) in [5, 5.41) is 0. The first-order valence-electron chi connectivity index (χ1n) is 18.7. The van der Waals surface area contributed by atoms with Crippen LogP contribution in [0, 0.1) is 50.2 Å². The normalized spacial score (nSPS) is 38.5. The van der Waals surface area contributed by atoms with Gasteiger partial charge in [0.05, 0.1) is 6.61 Å². The Morgan fingerprint density at radius 2 is 1.49 bits per heavy atom. The minimum absolute atomic E-state index is 0.0192. The number of Topliss-reactive ketones (excluding diaryl/α,β-unsaturated/α-hetero) is 1. The third-order valence-electron chi connectivity index (χ3n) is 15.1. The lowest BCUT2D eigenvalue weighted by molar-refractivity contribution is -0.188. The molecule has 5 aliphatic carbocycles. The molecule has 4 saturated carbocycles. The maximum absolute atomic E-state index is 13.1. The van der Waals surface area contributed by atoms with Crippen LogP contribution < -0.4 is 0 Å². The van der Waals surface area contributed by atoms with Crippen molar-refractivity contribution in [3.63, 3.8) is 0 Å². The topological polar surface area (TPSA) is 69.7 Å². The molecule has 47 heavy (non-hydrogen) atoms. The first-order valence-corrected chi connectivity index (χ1v) is 18.7. The number of ketones is 1. The second-order valence-corrected chi connectivity index (χ2v) is 18.4. The van der Waals surface area contributed by atoms with E-state index in [0.717, 1.165) is 63.4 Å². The highest BCUT2D eigenvalue weighted by Gasteiger charge is 2.68.